The molecule has 4 heteroatoms. The molecule has 0 spiro atoms. The largest absolute Gasteiger partial charge is 0.497 e. The van der Waals surface area contributed by atoms with E-state index in [9.17, 15) is 0 Å². The molecule has 1 unspecified atom stereocenters. The van der Waals surface area contributed by atoms with Crippen molar-refractivity contribution >= 4 is 16.5 Å². The second kappa shape index (κ2) is 9.17. The molecule has 1 saturated heterocycles. The summed E-state index contributed by atoms with van der Waals surface area (Å²) >= 11 is 0. The molecule has 1 atom stereocenters. The van der Waals surface area contributed by atoms with Crippen LogP contribution in [-0.4, -0.2) is 43.0 Å². The predicted molar refractivity (Wildman–Crippen MR) is 120 cm³/mol. The van der Waals surface area contributed by atoms with Crippen LogP contribution in [0.15, 0.2) is 41.6 Å². The Bertz CT molecular complexity index is 855. The van der Waals surface area contributed by atoms with Gasteiger partial charge in [0.2, 0.25) is 0 Å². The van der Waals surface area contributed by atoms with Crippen molar-refractivity contribution in [3.63, 3.8) is 0 Å². The molecule has 2 aliphatic rings. The van der Waals surface area contributed by atoms with E-state index in [1.165, 1.54) is 61.4 Å². The zero-order valence-corrected chi connectivity index (χ0v) is 18.1. The molecule has 1 saturated carbocycles. The van der Waals surface area contributed by atoms with Crippen molar-refractivity contribution in [3.8, 4) is 5.75 Å². The maximum Gasteiger partial charge on any atom is 0.122 e. The maximum atomic E-state index is 5.77. The van der Waals surface area contributed by atoms with Gasteiger partial charge >= 0.3 is 0 Å². The number of hydrogen-bond donors (Lipinski definition) is 0. The maximum absolute atomic E-state index is 5.77. The van der Waals surface area contributed by atoms with Crippen LogP contribution >= 0.6 is 0 Å². The minimum atomic E-state index is 0.0873. The summed E-state index contributed by atoms with van der Waals surface area (Å²) < 4.78 is 5.37. The van der Waals surface area contributed by atoms with E-state index in [1.54, 1.807) is 7.11 Å². The summed E-state index contributed by atoms with van der Waals surface area (Å²) in [4.78, 5) is 8.49. The number of benzene rings is 2. The average molecular weight is 395 g/mol. The lowest BCUT2D eigenvalue weighted by molar-refractivity contribution is 0.0823. The third kappa shape index (κ3) is 4.75. The van der Waals surface area contributed by atoms with E-state index >= 15 is 0 Å². The van der Waals surface area contributed by atoms with Crippen molar-refractivity contribution in [2.24, 2.45) is 11.1 Å². The van der Waals surface area contributed by atoms with Gasteiger partial charge in [-0.25, -0.2) is 0 Å². The van der Waals surface area contributed by atoms with E-state index in [1.807, 2.05) is 19.9 Å². The van der Waals surface area contributed by atoms with Crippen LogP contribution in [0.4, 0.5) is 0 Å². The van der Waals surface area contributed by atoms with E-state index in [2.05, 4.69) is 40.4 Å². The summed E-state index contributed by atoms with van der Waals surface area (Å²) in [6, 6.07) is 13.6. The topological polar surface area (TPSA) is 34.1 Å². The number of ether oxygens (including phenoxy) is 1. The Morgan fingerprint density at radius 3 is 2.52 bits per heavy atom. The fourth-order valence-corrected chi connectivity index (χ4v) is 4.87. The lowest BCUT2D eigenvalue weighted by atomic mass is 9.87. The number of piperidine rings is 1. The Morgan fingerprint density at radius 1 is 1.00 bits per heavy atom. The van der Waals surface area contributed by atoms with Crippen LogP contribution in [0.1, 0.15) is 57.9 Å². The van der Waals surface area contributed by atoms with Crippen LogP contribution in [0, 0.1) is 5.92 Å². The second-order valence-corrected chi connectivity index (χ2v) is 8.83. The first-order valence-corrected chi connectivity index (χ1v) is 11.2. The lowest BCUT2D eigenvalue weighted by Crippen LogP contribution is -2.43. The van der Waals surface area contributed by atoms with Crippen LogP contribution in [0.5, 0.6) is 5.75 Å². The number of methoxy groups -OCH3 is 1. The van der Waals surface area contributed by atoms with Crippen molar-refractivity contribution in [1.82, 2.24) is 4.90 Å². The monoisotopic (exact) mass is 394 g/mol. The van der Waals surface area contributed by atoms with Gasteiger partial charge in [-0.2, -0.15) is 0 Å². The Kier molecular flexibility index (Phi) is 6.39. The van der Waals surface area contributed by atoms with Gasteiger partial charge in [-0.15, -0.1) is 0 Å². The van der Waals surface area contributed by atoms with Crippen LogP contribution in [0.2, 0.25) is 0 Å². The first-order chi connectivity index (χ1) is 14.1. The average Bonchev–Trinajstić information content (AvgIpc) is 3.28. The summed E-state index contributed by atoms with van der Waals surface area (Å²) in [7, 11) is 1.71. The highest BCUT2D eigenvalue weighted by atomic mass is 16.6. The van der Waals surface area contributed by atoms with Crippen LogP contribution in [0.3, 0.4) is 0 Å². The first kappa shape index (κ1) is 20.2. The third-order valence-corrected chi connectivity index (χ3v) is 6.39. The summed E-state index contributed by atoms with van der Waals surface area (Å²) in [5, 5.41) is 7.08. The molecular weight excluding hydrogens is 360 g/mol. The molecule has 1 heterocycles. The Hall–Kier alpha value is -2.07. The fourth-order valence-electron chi connectivity index (χ4n) is 4.87. The lowest BCUT2D eigenvalue weighted by Gasteiger charge is -2.37. The number of likely N-dealkylation sites (tertiary alicyclic amines) is 1. The molecule has 2 fully saturated rings. The zero-order chi connectivity index (χ0) is 20.2. The van der Waals surface area contributed by atoms with Crippen molar-refractivity contribution in [1.29, 1.82) is 0 Å². The minimum Gasteiger partial charge on any atom is -0.497 e. The number of fused-ring (bicyclic) bond motifs is 1. The molecule has 4 nitrogen and oxygen atoms in total. The van der Waals surface area contributed by atoms with E-state index in [0.29, 0.717) is 5.92 Å². The molecule has 1 aliphatic carbocycles. The van der Waals surface area contributed by atoms with Crippen molar-refractivity contribution < 1.29 is 9.57 Å². The van der Waals surface area contributed by atoms with Crippen molar-refractivity contribution in [2.75, 3.05) is 20.2 Å². The standard InChI is InChI=1S/C25H34N2O2/c1-18(2)29-26-25(22-7-6-14-27(17-22)23-8-4-5-9-23)21-11-10-20-16-24(28-3)13-12-19(20)15-21/h10-13,15-16,18,22-23H,4-9,14,17H2,1-3H3/b26-25-. The minimum absolute atomic E-state index is 0.0873. The van der Waals surface area contributed by atoms with Gasteiger partial charge in [0, 0.05) is 24.1 Å². The van der Waals surface area contributed by atoms with Crippen LogP contribution < -0.4 is 4.74 Å². The summed E-state index contributed by atoms with van der Waals surface area (Å²) in [6.07, 6.45) is 8.01. The number of nitrogens with zero attached hydrogens (tertiary/aromatic N) is 2. The normalized spacial score (nSPS) is 21.8. The summed E-state index contributed by atoms with van der Waals surface area (Å²) in [6.45, 7) is 6.42. The molecule has 0 radical (unpaired) electrons. The van der Waals surface area contributed by atoms with Crippen molar-refractivity contribution in [3.05, 3.63) is 42.0 Å². The van der Waals surface area contributed by atoms with E-state index < -0.39 is 0 Å². The molecule has 2 aromatic carbocycles. The van der Waals surface area contributed by atoms with Gasteiger partial charge in [0.1, 0.15) is 11.9 Å². The SMILES string of the molecule is COc1ccc2cc(/C(=N/OC(C)C)C3CCCN(C4CCCC4)C3)ccc2c1. The molecular formula is C25H34N2O2. The molecule has 156 valence electrons. The Morgan fingerprint density at radius 2 is 1.76 bits per heavy atom. The molecule has 29 heavy (non-hydrogen) atoms. The highest BCUT2D eigenvalue weighted by molar-refractivity contribution is 6.04. The smallest absolute Gasteiger partial charge is 0.122 e. The van der Waals surface area contributed by atoms with E-state index in [4.69, 9.17) is 9.57 Å². The van der Waals surface area contributed by atoms with Gasteiger partial charge in [-0.3, -0.25) is 4.90 Å². The van der Waals surface area contributed by atoms with Gasteiger partial charge in [-0.1, -0.05) is 36.2 Å². The highest BCUT2D eigenvalue weighted by Crippen LogP contribution is 2.31. The molecule has 0 aromatic heterocycles. The van der Waals surface area contributed by atoms with Gasteiger partial charge in [0.15, 0.2) is 0 Å². The van der Waals surface area contributed by atoms with Gasteiger partial charge in [0.05, 0.1) is 12.8 Å². The van der Waals surface area contributed by atoms with E-state index in [-0.39, 0.29) is 6.10 Å². The molecule has 4 rings (SSSR count). The Labute approximate surface area is 174 Å². The molecule has 0 N–H and O–H groups in total. The quantitative estimate of drug-likeness (QED) is 0.470. The molecule has 1 aliphatic heterocycles. The first-order valence-electron chi connectivity index (χ1n) is 11.2. The van der Waals surface area contributed by atoms with Crippen LogP contribution in [0.25, 0.3) is 10.8 Å². The van der Waals surface area contributed by atoms with Gasteiger partial charge in [-0.05, 0) is 75.0 Å². The summed E-state index contributed by atoms with van der Waals surface area (Å²) in [5.74, 6) is 1.32. The van der Waals surface area contributed by atoms with Gasteiger partial charge in [0.25, 0.3) is 0 Å². The van der Waals surface area contributed by atoms with Crippen LogP contribution in [-0.2, 0) is 4.84 Å². The second-order valence-electron chi connectivity index (χ2n) is 8.83. The predicted octanol–water partition coefficient (Wildman–Crippen LogP) is 5.63. The third-order valence-electron chi connectivity index (χ3n) is 6.39. The number of rotatable bonds is 6. The molecule has 2 aromatic rings. The molecule has 0 bridgehead atoms. The van der Waals surface area contributed by atoms with E-state index in [0.717, 1.165) is 24.0 Å². The Balaban J connectivity index is 1.62. The van der Waals surface area contributed by atoms with Gasteiger partial charge < -0.3 is 9.57 Å². The summed E-state index contributed by atoms with van der Waals surface area (Å²) in [5.41, 5.74) is 2.29. The zero-order valence-electron chi connectivity index (χ0n) is 18.1. The number of hydrogen-bond acceptors (Lipinski definition) is 4. The highest BCUT2D eigenvalue weighted by Gasteiger charge is 2.31. The van der Waals surface area contributed by atoms with Crippen molar-refractivity contribution in [2.45, 2.75) is 64.5 Å². The molecule has 0 amide bonds. The number of oxime groups is 1. The fraction of sp³-hybridized carbons (Fsp3) is 0.560.